The first-order chi connectivity index (χ1) is 13.6. The van der Waals surface area contributed by atoms with Crippen LogP contribution in [-0.2, 0) is 6.42 Å². The molecule has 0 aliphatic carbocycles. The minimum absolute atomic E-state index is 0.0389. The van der Waals surface area contributed by atoms with E-state index in [1.807, 2.05) is 31.2 Å². The largest absolute Gasteiger partial charge is 0.507 e. The summed E-state index contributed by atoms with van der Waals surface area (Å²) in [5.74, 6) is 1.91. The van der Waals surface area contributed by atoms with Crippen molar-refractivity contribution in [3.63, 3.8) is 0 Å². The van der Waals surface area contributed by atoms with Gasteiger partial charge in [-0.25, -0.2) is 5.10 Å². The highest BCUT2D eigenvalue weighted by molar-refractivity contribution is 7.99. The molecule has 8 heteroatoms. The van der Waals surface area contributed by atoms with Crippen LogP contribution in [0.25, 0.3) is 11.4 Å². The number of aromatic nitrogens is 4. The standard InChI is InChI=1S/C20H22N4O3S/c1-3-4-17-18(10-9-16(13(2)25)19(17)26)27-11-12-28-15-7-5-14(6-8-15)20-21-23-24-22-20/h5-10,26H,3-4,11-12H2,1-2H3,(H,21,22,23,24). The molecule has 0 aliphatic heterocycles. The third kappa shape index (κ3) is 4.69. The molecule has 3 rings (SSSR count). The van der Waals surface area contributed by atoms with E-state index in [4.69, 9.17) is 4.74 Å². The number of carbonyl (C=O) groups excluding carboxylic acids is 1. The molecular weight excluding hydrogens is 376 g/mol. The molecule has 0 radical (unpaired) electrons. The Kier molecular flexibility index (Phi) is 6.65. The van der Waals surface area contributed by atoms with Gasteiger partial charge in [-0.05, 0) is 48.0 Å². The van der Waals surface area contributed by atoms with Crippen LogP contribution in [0.2, 0.25) is 0 Å². The summed E-state index contributed by atoms with van der Waals surface area (Å²) in [5, 5.41) is 24.2. The highest BCUT2D eigenvalue weighted by Gasteiger charge is 2.15. The second-order valence-electron chi connectivity index (χ2n) is 6.22. The van der Waals surface area contributed by atoms with Gasteiger partial charge >= 0.3 is 0 Å². The molecule has 1 aromatic heterocycles. The highest BCUT2D eigenvalue weighted by Crippen LogP contribution is 2.33. The number of rotatable bonds is 9. The molecule has 0 saturated heterocycles. The summed E-state index contributed by atoms with van der Waals surface area (Å²) in [7, 11) is 0. The summed E-state index contributed by atoms with van der Waals surface area (Å²) in [4.78, 5) is 12.7. The Morgan fingerprint density at radius 1 is 1.21 bits per heavy atom. The molecule has 0 unspecified atom stereocenters. The van der Waals surface area contributed by atoms with Crippen LogP contribution in [0, 0.1) is 0 Å². The number of nitrogens with zero attached hydrogens (tertiary/aromatic N) is 3. The maximum absolute atomic E-state index is 11.6. The van der Waals surface area contributed by atoms with Crippen molar-refractivity contribution in [1.82, 2.24) is 20.6 Å². The van der Waals surface area contributed by atoms with Gasteiger partial charge in [0.25, 0.3) is 0 Å². The van der Waals surface area contributed by atoms with Gasteiger partial charge < -0.3 is 9.84 Å². The lowest BCUT2D eigenvalue weighted by atomic mass is 10.0. The number of carbonyl (C=O) groups is 1. The molecule has 3 aromatic rings. The van der Waals surface area contributed by atoms with Gasteiger partial charge in [0.15, 0.2) is 11.6 Å². The van der Waals surface area contributed by atoms with Crippen LogP contribution in [0.3, 0.4) is 0 Å². The van der Waals surface area contributed by atoms with Crippen molar-refractivity contribution >= 4 is 17.5 Å². The lowest BCUT2D eigenvalue weighted by molar-refractivity contribution is 0.101. The Balaban J connectivity index is 1.57. The Hall–Kier alpha value is -2.87. The molecule has 0 bridgehead atoms. The van der Waals surface area contributed by atoms with Gasteiger partial charge in [-0.1, -0.05) is 25.5 Å². The lowest BCUT2D eigenvalue weighted by Gasteiger charge is -2.14. The van der Waals surface area contributed by atoms with Crippen molar-refractivity contribution in [3.8, 4) is 22.9 Å². The molecule has 0 spiro atoms. The SMILES string of the molecule is CCCc1c(OCCSc2ccc(-c3nnn[nH]3)cc2)ccc(C(C)=O)c1O. The minimum Gasteiger partial charge on any atom is -0.507 e. The fourth-order valence-corrected chi connectivity index (χ4v) is 3.56. The Morgan fingerprint density at radius 2 is 2.00 bits per heavy atom. The normalized spacial score (nSPS) is 10.8. The lowest BCUT2D eigenvalue weighted by Crippen LogP contribution is -2.05. The Morgan fingerprint density at radius 3 is 2.64 bits per heavy atom. The topological polar surface area (TPSA) is 101 Å². The molecule has 28 heavy (non-hydrogen) atoms. The Labute approximate surface area is 167 Å². The van der Waals surface area contributed by atoms with Crippen LogP contribution in [-0.4, -0.2) is 43.9 Å². The predicted molar refractivity (Wildman–Crippen MR) is 108 cm³/mol. The average molecular weight is 398 g/mol. The number of benzene rings is 2. The second-order valence-corrected chi connectivity index (χ2v) is 7.38. The van der Waals surface area contributed by atoms with Crippen LogP contribution < -0.4 is 4.74 Å². The average Bonchev–Trinajstić information content (AvgIpc) is 3.22. The number of phenolic OH excluding ortho intramolecular Hbond substituents is 1. The zero-order chi connectivity index (χ0) is 19.9. The summed E-state index contributed by atoms with van der Waals surface area (Å²) in [5.41, 5.74) is 1.97. The molecule has 0 atom stereocenters. The summed E-state index contributed by atoms with van der Waals surface area (Å²) in [6, 6.07) is 11.3. The number of aromatic hydroxyl groups is 1. The monoisotopic (exact) mass is 398 g/mol. The van der Waals surface area contributed by atoms with Gasteiger partial charge in [-0.15, -0.1) is 16.9 Å². The fourth-order valence-electron chi connectivity index (χ4n) is 2.83. The number of H-pyrrole nitrogens is 1. The van der Waals surface area contributed by atoms with E-state index in [1.165, 1.54) is 6.92 Å². The number of tetrazole rings is 1. The third-order valence-electron chi connectivity index (χ3n) is 4.20. The highest BCUT2D eigenvalue weighted by atomic mass is 32.2. The van der Waals surface area contributed by atoms with Gasteiger partial charge in [-0.2, -0.15) is 0 Å². The van der Waals surface area contributed by atoms with E-state index >= 15 is 0 Å². The number of nitrogens with one attached hydrogen (secondary N) is 1. The first kappa shape index (κ1) is 19.9. The van der Waals surface area contributed by atoms with E-state index in [9.17, 15) is 9.90 Å². The number of hydrogen-bond donors (Lipinski definition) is 2. The predicted octanol–water partition coefficient (Wildman–Crippen LogP) is 3.90. The van der Waals surface area contributed by atoms with Gasteiger partial charge in [-0.3, -0.25) is 4.79 Å². The fraction of sp³-hybridized carbons (Fsp3) is 0.300. The number of ketones is 1. The first-order valence-corrected chi connectivity index (χ1v) is 10.0. The van der Waals surface area contributed by atoms with Crippen molar-refractivity contribution < 1.29 is 14.6 Å². The quantitative estimate of drug-likeness (QED) is 0.320. The van der Waals surface area contributed by atoms with E-state index < -0.39 is 0 Å². The zero-order valence-corrected chi connectivity index (χ0v) is 16.6. The van der Waals surface area contributed by atoms with Crippen LogP contribution in [0.1, 0.15) is 36.2 Å². The summed E-state index contributed by atoms with van der Waals surface area (Å²) in [6.07, 6.45) is 1.51. The zero-order valence-electron chi connectivity index (χ0n) is 15.8. The second kappa shape index (κ2) is 9.36. The van der Waals surface area contributed by atoms with E-state index in [1.54, 1.807) is 23.9 Å². The number of hydrogen-bond acceptors (Lipinski definition) is 7. The number of Topliss-reactive ketones (excluding diaryl/α,β-unsaturated/α-hetero) is 1. The first-order valence-electron chi connectivity index (χ1n) is 9.05. The van der Waals surface area contributed by atoms with Crippen molar-refractivity contribution in [1.29, 1.82) is 0 Å². The number of aromatic amines is 1. The van der Waals surface area contributed by atoms with E-state index in [0.29, 0.717) is 35.7 Å². The summed E-state index contributed by atoms with van der Waals surface area (Å²) < 4.78 is 5.89. The summed E-state index contributed by atoms with van der Waals surface area (Å²) >= 11 is 1.67. The van der Waals surface area contributed by atoms with E-state index in [-0.39, 0.29) is 11.5 Å². The molecule has 7 nitrogen and oxygen atoms in total. The maximum Gasteiger partial charge on any atom is 0.179 e. The molecule has 0 saturated carbocycles. The number of ether oxygens (including phenoxy) is 1. The van der Waals surface area contributed by atoms with Crippen LogP contribution in [0.4, 0.5) is 0 Å². The van der Waals surface area contributed by atoms with Gasteiger partial charge in [0.2, 0.25) is 0 Å². The minimum atomic E-state index is -0.151. The third-order valence-corrected chi connectivity index (χ3v) is 5.18. The maximum atomic E-state index is 11.6. The number of phenols is 1. The van der Waals surface area contributed by atoms with Crippen molar-refractivity contribution in [2.75, 3.05) is 12.4 Å². The summed E-state index contributed by atoms with van der Waals surface area (Å²) in [6.45, 7) is 3.97. The van der Waals surface area contributed by atoms with Crippen LogP contribution in [0.15, 0.2) is 41.3 Å². The van der Waals surface area contributed by atoms with Crippen molar-refractivity contribution in [2.24, 2.45) is 0 Å². The molecule has 0 amide bonds. The molecule has 0 aliphatic rings. The molecule has 2 aromatic carbocycles. The molecule has 1 heterocycles. The molecule has 0 fully saturated rings. The molecule has 146 valence electrons. The van der Waals surface area contributed by atoms with Crippen LogP contribution in [0.5, 0.6) is 11.5 Å². The van der Waals surface area contributed by atoms with Crippen molar-refractivity contribution in [2.45, 2.75) is 31.6 Å². The van der Waals surface area contributed by atoms with E-state index in [0.717, 1.165) is 22.6 Å². The van der Waals surface area contributed by atoms with Gasteiger partial charge in [0.1, 0.15) is 11.5 Å². The Bertz CT molecular complexity index is 927. The van der Waals surface area contributed by atoms with Crippen molar-refractivity contribution in [3.05, 3.63) is 47.5 Å². The smallest absolute Gasteiger partial charge is 0.179 e. The molecular formula is C20H22N4O3S. The van der Waals surface area contributed by atoms with Gasteiger partial charge in [0, 0.05) is 21.8 Å². The molecule has 2 N–H and O–H groups in total. The number of thioether (sulfide) groups is 1. The van der Waals surface area contributed by atoms with E-state index in [2.05, 4.69) is 20.6 Å². The van der Waals surface area contributed by atoms with Crippen LogP contribution >= 0.6 is 11.8 Å². The van der Waals surface area contributed by atoms with Gasteiger partial charge in [0.05, 0.1) is 12.2 Å².